The van der Waals surface area contributed by atoms with Crippen LogP contribution in [0.4, 0.5) is 5.69 Å². The number of halogens is 1. The molecule has 1 aromatic rings. The lowest BCUT2D eigenvalue weighted by atomic mass is 10.1. The van der Waals surface area contributed by atoms with Gasteiger partial charge in [0.25, 0.3) is 0 Å². The van der Waals surface area contributed by atoms with Gasteiger partial charge < -0.3 is 10.4 Å². The van der Waals surface area contributed by atoms with Crippen LogP contribution in [0.1, 0.15) is 19.8 Å². The summed E-state index contributed by atoms with van der Waals surface area (Å²) < 4.78 is 1.07. The van der Waals surface area contributed by atoms with Gasteiger partial charge in [0.1, 0.15) is 0 Å². The van der Waals surface area contributed by atoms with Crippen molar-refractivity contribution in [3.05, 3.63) is 28.7 Å². The quantitative estimate of drug-likeness (QED) is 0.850. The highest BCUT2D eigenvalue weighted by Crippen LogP contribution is 2.15. The fraction of sp³-hybridized carbons (Fsp3) is 0.455. The molecule has 3 heteroatoms. The lowest BCUT2D eigenvalue weighted by Gasteiger charge is -2.16. The van der Waals surface area contributed by atoms with E-state index in [1.165, 1.54) is 0 Å². The third kappa shape index (κ3) is 3.68. The molecule has 1 rings (SSSR count). The van der Waals surface area contributed by atoms with Gasteiger partial charge in [-0.3, -0.25) is 0 Å². The Balaban J connectivity index is 2.53. The fourth-order valence-corrected chi connectivity index (χ4v) is 1.60. The molecule has 14 heavy (non-hydrogen) atoms. The Hall–Kier alpha value is -0.540. The molecule has 0 radical (unpaired) electrons. The van der Waals surface area contributed by atoms with Crippen LogP contribution in [-0.4, -0.2) is 17.8 Å². The molecule has 0 aliphatic rings. The number of nitrogens with one attached hydrogen (secondary N) is 1. The van der Waals surface area contributed by atoms with E-state index < -0.39 is 0 Å². The molecule has 1 unspecified atom stereocenters. The molecule has 0 aliphatic heterocycles. The second-order valence-corrected chi connectivity index (χ2v) is 4.24. The van der Waals surface area contributed by atoms with Crippen molar-refractivity contribution < 1.29 is 5.11 Å². The Bertz CT molecular complexity index is 260. The first kappa shape index (κ1) is 11.5. The second kappa shape index (κ2) is 6.04. The highest BCUT2D eigenvalue weighted by Gasteiger charge is 2.04. The largest absolute Gasteiger partial charge is 0.394 e. The average Bonchev–Trinajstić information content (AvgIpc) is 2.20. The van der Waals surface area contributed by atoms with E-state index in [0.29, 0.717) is 0 Å². The maximum Gasteiger partial charge on any atom is 0.0632 e. The predicted octanol–water partition coefficient (Wildman–Crippen LogP) is 3.02. The number of aliphatic hydroxyl groups excluding tert-OH is 1. The zero-order valence-corrected chi connectivity index (χ0v) is 9.92. The van der Waals surface area contributed by atoms with E-state index in [-0.39, 0.29) is 12.6 Å². The summed E-state index contributed by atoms with van der Waals surface area (Å²) in [6.07, 6.45) is 2.07. The molecule has 0 saturated carbocycles. The molecule has 2 nitrogen and oxygen atoms in total. The summed E-state index contributed by atoms with van der Waals surface area (Å²) in [7, 11) is 0. The zero-order chi connectivity index (χ0) is 10.4. The average molecular weight is 258 g/mol. The molecule has 0 fully saturated rings. The van der Waals surface area contributed by atoms with Crippen LogP contribution in [0, 0.1) is 0 Å². The topological polar surface area (TPSA) is 32.3 Å². The molecule has 2 N–H and O–H groups in total. The number of rotatable bonds is 5. The summed E-state index contributed by atoms with van der Waals surface area (Å²) in [6, 6.07) is 8.15. The van der Waals surface area contributed by atoms with E-state index in [0.717, 1.165) is 23.0 Å². The van der Waals surface area contributed by atoms with Crippen molar-refractivity contribution in [2.24, 2.45) is 0 Å². The molecule has 0 spiro atoms. The van der Waals surface area contributed by atoms with E-state index in [1.54, 1.807) is 0 Å². The lowest BCUT2D eigenvalue weighted by Crippen LogP contribution is -2.23. The Labute approximate surface area is 93.5 Å². The summed E-state index contributed by atoms with van der Waals surface area (Å²) in [5.41, 5.74) is 1.06. The van der Waals surface area contributed by atoms with Gasteiger partial charge in [0, 0.05) is 16.2 Å². The maximum absolute atomic E-state index is 9.10. The van der Waals surface area contributed by atoms with Crippen molar-refractivity contribution in [1.82, 2.24) is 0 Å². The molecule has 0 heterocycles. The van der Waals surface area contributed by atoms with Gasteiger partial charge in [-0.15, -0.1) is 0 Å². The first-order valence-electron chi connectivity index (χ1n) is 4.89. The van der Waals surface area contributed by atoms with Crippen LogP contribution in [0.15, 0.2) is 28.7 Å². The van der Waals surface area contributed by atoms with Crippen LogP contribution in [0.25, 0.3) is 0 Å². The Morgan fingerprint density at radius 3 is 2.50 bits per heavy atom. The van der Waals surface area contributed by atoms with Gasteiger partial charge in [-0.2, -0.15) is 0 Å². The van der Waals surface area contributed by atoms with E-state index >= 15 is 0 Å². The summed E-state index contributed by atoms with van der Waals surface area (Å²) in [6.45, 7) is 2.30. The van der Waals surface area contributed by atoms with Gasteiger partial charge in [-0.25, -0.2) is 0 Å². The fourth-order valence-electron chi connectivity index (χ4n) is 1.34. The molecular weight excluding hydrogens is 242 g/mol. The molecule has 0 bridgehead atoms. The Morgan fingerprint density at radius 1 is 1.36 bits per heavy atom. The first-order chi connectivity index (χ1) is 6.76. The van der Waals surface area contributed by atoms with Crippen LogP contribution < -0.4 is 5.32 Å². The third-order valence-corrected chi connectivity index (χ3v) is 2.60. The summed E-state index contributed by atoms with van der Waals surface area (Å²) in [4.78, 5) is 0. The monoisotopic (exact) mass is 257 g/mol. The second-order valence-electron chi connectivity index (χ2n) is 3.32. The Morgan fingerprint density at radius 2 is 2.00 bits per heavy atom. The number of benzene rings is 1. The van der Waals surface area contributed by atoms with Crippen molar-refractivity contribution in [2.45, 2.75) is 25.8 Å². The minimum atomic E-state index is 0.168. The van der Waals surface area contributed by atoms with E-state index in [9.17, 15) is 0 Å². The SMILES string of the molecule is CCCC(CO)Nc1ccc(Br)cc1. The molecule has 78 valence electrons. The van der Waals surface area contributed by atoms with E-state index in [4.69, 9.17) is 5.11 Å². The van der Waals surface area contributed by atoms with Crippen LogP contribution >= 0.6 is 15.9 Å². The minimum Gasteiger partial charge on any atom is -0.394 e. The van der Waals surface area contributed by atoms with Gasteiger partial charge in [0.05, 0.1) is 6.61 Å². The molecule has 0 aliphatic carbocycles. The number of hydrogen-bond donors (Lipinski definition) is 2. The van der Waals surface area contributed by atoms with Crippen molar-refractivity contribution in [3.63, 3.8) is 0 Å². The molecule has 0 amide bonds. The number of anilines is 1. The highest BCUT2D eigenvalue weighted by atomic mass is 79.9. The molecule has 0 saturated heterocycles. The summed E-state index contributed by atoms with van der Waals surface area (Å²) in [5.74, 6) is 0. The smallest absolute Gasteiger partial charge is 0.0632 e. The van der Waals surface area contributed by atoms with Crippen LogP contribution in [0.2, 0.25) is 0 Å². The minimum absolute atomic E-state index is 0.168. The van der Waals surface area contributed by atoms with Gasteiger partial charge >= 0.3 is 0 Å². The molecule has 0 aromatic heterocycles. The predicted molar refractivity (Wildman–Crippen MR) is 63.5 cm³/mol. The van der Waals surface area contributed by atoms with Crippen LogP contribution in [0.5, 0.6) is 0 Å². The van der Waals surface area contributed by atoms with E-state index in [2.05, 4.69) is 28.2 Å². The van der Waals surface area contributed by atoms with Crippen molar-refractivity contribution in [3.8, 4) is 0 Å². The summed E-state index contributed by atoms with van der Waals surface area (Å²) in [5, 5.41) is 12.4. The molecule has 1 atom stereocenters. The van der Waals surface area contributed by atoms with Gasteiger partial charge in [-0.05, 0) is 30.7 Å². The molecular formula is C11H16BrNO. The first-order valence-corrected chi connectivity index (χ1v) is 5.68. The van der Waals surface area contributed by atoms with Gasteiger partial charge in [-0.1, -0.05) is 29.3 Å². The van der Waals surface area contributed by atoms with Crippen molar-refractivity contribution in [2.75, 3.05) is 11.9 Å². The van der Waals surface area contributed by atoms with Gasteiger partial charge in [0.2, 0.25) is 0 Å². The van der Waals surface area contributed by atoms with Crippen LogP contribution in [0.3, 0.4) is 0 Å². The number of aliphatic hydroxyl groups is 1. The highest BCUT2D eigenvalue weighted by molar-refractivity contribution is 9.10. The van der Waals surface area contributed by atoms with Crippen molar-refractivity contribution >= 4 is 21.6 Å². The Kier molecular flexibility index (Phi) is 4.98. The van der Waals surface area contributed by atoms with Crippen molar-refractivity contribution in [1.29, 1.82) is 0 Å². The lowest BCUT2D eigenvalue weighted by molar-refractivity contribution is 0.268. The standard InChI is InChI=1S/C11H16BrNO/c1-2-3-11(8-14)13-10-6-4-9(12)5-7-10/h4-7,11,13-14H,2-3,8H2,1H3. The van der Waals surface area contributed by atoms with Gasteiger partial charge in [0.15, 0.2) is 0 Å². The number of hydrogen-bond acceptors (Lipinski definition) is 2. The third-order valence-electron chi connectivity index (χ3n) is 2.07. The normalized spacial score (nSPS) is 12.5. The summed E-state index contributed by atoms with van der Waals surface area (Å²) >= 11 is 3.38. The van der Waals surface area contributed by atoms with E-state index in [1.807, 2.05) is 24.3 Å². The maximum atomic E-state index is 9.10. The molecule has 1 aromatic carbocycles. The van der Waals surface area contributed by atoms with Crippen LogP contribution in [-0.2, 0) is 0 Å². The zero-order valence-electron chi connectivity index (χ0n) is 8.33.